The molecular weight excluding hydrogens is 436 g/mol. The van der Waals surface area contributed by atoms with E-state index in [-0.39, 0.29) is 24.5 Å². The van der Waals surface area contributed by atoms with Gasteiger partial charge in [-0.1, -0.05) is 24.3 Å². The third-order valence-corrected chi connectivity index (χ3v) is 7.48. The summed E-state index contributed by atoms with van der Waals surface area (Å²) in [5.74, 6) is 0.822. The lowest BCUT2D eigenvalue weighted by molar-refractivity contribution is -0.111. The minimum atomic E-state index is -2.43. The number of aldehydes is 1. The van der Waals surface area contributed by atoms with Crippen molar-refractivity contribution in [2.45, 2.75) is 44.7 Å². The van der Waals surface area contributed by atoms with Gasteiger partial charge < -0.3 is 19.4 Å². The molecule has 0 saturated carbocycles. The molecule has 5 rings (SSSR count). The lowest BCUT2D eigenvalue weighted by Crippen LogP contribution is -2.45. The van der Waals surface area contributed by atoms with Crippen molar-refractivity contribution in [1.29, 1.82) is 0 Å². The molecule has 3 heterocycles. The SMILES string of the molecule is COc1cc(N2CCC(C=O)CC2)ccc1[C@@H]1c2[nH]c3ccccc3c2C[C@@H](C)N1CC(F)F. The third kappa shape index (κ3) is 4.06. The van der Waals surface area contributed by atoms with Gasteiger partial charge in [0.1, 0.15) is 12.0 Å². The average Bonchev–Trinajstić information content (AvgIpc) is 3.22. The van der Waals surface area contributed by atoms with E-state index in [4.69, 9.17) is 4.74 Å². The van der Waals surface area contributed by atoms with E-state index in [1.54, 1.807) is 7.11 Å². The van der Waals surface area contributed by atoms with Gasteiger partial charge in [-0.05, 0) is 43.9 Å². The van der Waals surface area contributed by atoms with Crippen LogP contribution in [0.2, 0.25) is 0 Å². The number of carbonyl (C=O) groups excluding carboxylic acids is 1. The molecule has 5 nitrogen and oxygen atoms in total. The van der Waals surface area contributed by atoms with E-state index in [0.717, 1.165) is 60.1 Å². The lowest BCUT2D eigenvalue weighted by Gasteiger charge is -2.41. The number of aromatic amines is 1. The largest absolute Gasteiger partial charge is 0.496 e. The van der Waals surface area contributed by atoms with Crippen LogP contribution < -0.4 is 9.64 Å². The smallest absolute Gasteiger partial charge is 0.251 e. The number of halogens is 2. The van der Waals surface area contributed by atoms with Crippen molar-refractivity contribution in [3.63, 3.8) is 0 Å². The topological polar surface area (TPSA) is 48.6 Å². The minimum Gasteiger partial charge on any atom is -0.496 e. The molecule has 0 bridgehead atoms. The first-order valence-corrected chi connectivity index (χ1v) is 12.0. The van der Waals surface area contributed by atoms with Crippen molar-refractivity contribution in [2.24, 2.45) is 5.92 Å². The Morgan fingerprint density at radius 2 is 1.94 bits per heavy atom. The number of nitrogens with zero attached hydrogens (tertiary/aromatic N) is 2. The standard InChI is InChI=1S/C27H31F2N3O2/c1-17-13-22-20-5-3-4-6-23(20)30-26(22)27(32(17)15-25(28)29)21-8-7-19(14-24(21)34-2)31-11-9-18(16-33)10-12-31/h3-8,14,16-18,25,27,30H,9-13,15H2,1-2H3/t17-,27-/m1/s1. The zero-order valence-corrected chi connectivity index (χ0v) is 19.6. The highest BCUT2D eigenvalue weighted by atomic mass is 19.3. The summed E-state index contributed by atoms with van der Waals surface area (Å²) >= 11 is 0. The van der Waals surface area contributed by atoms with Gasteiger partial charge in [0, 0.05) is 59.0 Å². The number of rotatable bonds is 6. The van der Waals surface area contributed by atoms with Crippen LogP contribution in [0.5, 0.6) is 5.75 Å². The second kappa shape index (κ2) is 9.37. The first-order chi connectivity index (χ1) is 16.5. The van der Waals surface area contributed by atoms with Crippen LogP contribution in [-0.4, -0.2) is 55.4 Å². The van der Waals surface area contributed by atoms with Crippen LogP contribution in [0.4, 0.5) is 14.5 Å². The summed E-state index contributed by atoms with van der Waals surface area (Å²) in [6.45, 7) is 3.36. The predicted molar refractivity (Wildman–Crippen MR) is 130 cm³/mol. The van der Waals surface area contributed by atoms with E-state index in [1.807, 2.05) is 42.2 Å². The molecular formula is C27H31F2N3O2. The molecule has 34 heavy (non-hydrogen) atoms. The number of benzene rings is 2. The maximum atomic E-state index is 13.7. The van der Waals surface area contributed by atoms with E-state index in [2.05, 4.69) is 22.0 Å². The zero-order valence-electron chi connectivity index (χ0n) is 19.6. The van der Waals surface area contributed by atoms with Gasteiger partial charge in [-0.3, -0.25) is 4.90 Å². The maximum Gasteiger partial charge on any atom is 0.251 e. The molecule has 2 aromatic carbocycles. The molecule has 0 unspecified atom stereocenters. The van der Waals surface area contributed by atoms with Gasteiger partial charge in [-0.2, -0.15) is 0 Å². The number of aromatic nitrogens is 1. The number of hydrogen-bond donors (Lipinski definition) is 1. The minimum absolute atomic E-state index is 0.0440. The Bertz CT molecular complexity index is 1170. The number of carbonyl (C=O) groups is 1. The molecule has 1 saturated heterocycles. The van der Waals surface area contributed by atoms with Crippen LogP contribution in [0.1, 0.15) is 42.6 Å². The van der Waals surface area contributed by atoms with Crippen molar-refractivity contribution in [3.05, 3.63) is 59.3 Å². The number of ether oxygens (including phenoxy) is 1. The van der Waals surface area contributed by atoms with Crippen LogP contribution in [0.25, 0.3) is 10.9 Å². The Labute approximate surface area is 198 Å². The predicted octanol–water partition coefficient (Wildman–Crippen LogP) is 5.19. The third-order valence-electron chi connectivity index (χ3n) is 7.48. The summed E-state index contributed by atoms with van der Waals surface area (Å²) in [5, 5.41) is 1.15. The Hall–Kier alpha value is -2.93. The number of anilines is 1. The fraction of sp³-hybridized carbons (Fsp3) is 0.444. The molecule has 3 aromatic rings. The molecule has 2 aliphatic heterocycles. The molecule has 0 spiro atoms. The molecule has 2 atom stereocenters. The van der Waals surface area contributed by atoms with Crippen LogP contribution in [0, 0.1) is 5.92 Å². The highest BCUT2D eigenvalue weighted by molar-refractivity contribution is 5.85. The summed E-state index contributed by atoms with van der Waals surface area (Å²) in [4.78, 5) is 18.8. The molecule has 0 amide bonds. The van der Waals surface area contributed by atoms with Crippen LogP contribution in [0.3, 0.4) is 0 Å². The van der Waals surface area contributed by atoms with E-state index in [9.17, 15) is 13.6 Å². The lowest BCUT2D eigenvalue weighted by atomic mass is 9.88. The Balaban J connectivity index is 1.58. The number of piperidine rings is 1. The van der Waals surface area contributed by atoms with Crippen molar-refractivity contribution in [2.75, 3.05) is 31.6 Å². The van der Waals surface area contributed by atoms with Gasteiger partial charge in [0.25, 0.3) is 6.43 Å². The summed E-state index contributed by atoms with van der Waals surface area (Å²) in [5.41, 5.74) is 5.11. The van der Waals surface area contributed by atoms with Gasteiger partial charge >= 0.3 is 0 Å². The summed E-state index contributed by atoms with van der Waals surface area (Å²) in [6, 6.07) is 13.8. The van der Waals surface area contributed by atoms with Crippen molar-refractivity contribution >= 4 is 22.9 Å². The van der Waals surface area contributed by atoms with Gasteiger partial charge in [0.05, 0.1) is 19.7 Å². The van der Waals surface area contributed by atoms with E-state index in [1.165, 1.54) is 5.56 Å². The summed E-state index contributed by atoms with van der Waals surface area (Å²) < 4.78 is 33.2. The van der Waals surface area contributed by atoms with Crippen molar-refractivity contribution < 1.29 is 18.3 Å². The number of para-hydroxylation sites is 1. The second-order valence-corrected chi connectivity index (χ2v) is 9.49. The zero-order chi connectivity index (χ0) is 23.8. The fourth-order valence-corrected chi connectivity index (χ4v) is 5.70. The Kier molecular flexibility index (Phi) is 6.30. The highest BCUT2D eigenvalue weighted by Crippen LogP contribution is 2.44. The van der Waals surface area contributed by atoms with E-state index in [0.29, 0.717) is 12.2 Å². The van der Waals surface area contributed by atoms with Crippen LogP contribution in [-0.2, 0) is 11.2 Å². The molecule has 1 N–H and O–H groups in total. The summed E-state index contributed by atoms with van der Waals surface area (Å²) in [7, 11) is 1.64. The second-order valence-electron chi connectivity index (χ2n) is 9.49. The normalized spacial score (nSPS) is 21.7. The average molecular weight is 468 g/mol. The first kappa shape index (κ1) is 22.8. The van der Waals surface area contributed by atoms with Gasteiger partial charge in [-0.25, -0.2) is 8.78 Å². The fourth-order valence-electron chi connectivity index (χ4n) is 5.70. The first-order valence-electron chi connectivity index (χ1n) is 12.0. The number of H-pyrrole nitrogens is 1. The highest BCUT2D eigenvalue weighted by Gasteiger charge is 2.38. The molecule has 180 valence electrons. The number of fused-ring (bicyclic) bond motifs is 3. The monoisotopic (exact) mass is 467 g/mol. The molecule has 0 aliphatic carbocycles. The van der Waals surface area contributed by atoms with E-state index < -0.39 is 6.43 Å². The molecule has 7 heteroatoms. The Morgan fingerprint density at radius 1 is 1.18 bits per heavy atom. The van der Waals surface area contributed by atoms with Gasteiger partial charge in [0.15, 0.2) is 0 Å². The van der Waals surface area contributed by atoms with Crippen molar-refractivity contribution in [1.82, 2.24) is 9.88 Å². The Morgan fingerprint density at radius 3 is 2.65 bits per heavy atom. The number of hydrogen-bond acceptors (Lipinski definition) is 4. The maximum absolute atomic E-state index is 13.7. The number of methoxy groups -OCH3 is 1. The van der Waals surface area contributed by atoms with Gasteiger partial charge in [-0.15, -0.1) is 0 Å². The van der Waals surface area contributed by atoms with Crippen molar-refractivity contribution in [3.8, 4) is 5.75 Å². The number of nitrogens with one attached hydrogen (secondary N) is 1. The molecule has 0 radical (unpaired) electrons. The van der Waals surface area contributed by atoms with Crippen LogP contribution >= 0.6 is 0 Å². The van der Waals surface area contributed by atoms with Crippen LogP contribution in [0.15, 0.2) is 42.5 Å². The molecule has 1 fully saturated rings. The van der Waals surface area contributed by atoms with Gasteiger partial charge in [0.2, 0.25) is 0 Å². The molecule has 2 aliphatic rings. The summed E-state index contributed by atoms with van der Waals surface area (Å²) in [6.07, 6.45) is 1.03. The number of alkyl halides is 2. The van der Waals surface area contributed by atoms with E-state index >= 15 is 0 Å². The quantitative estimate of drug-likeness (QED) is 0.507. The molecule has 1 aromatic heterocycles.